The molecule has 8 heteroatoms. The predicted molar refractivity (Wildman–Crippen MR) is 64.2 cm³/mol. The van der Waals surface area contributed by atoms with Gasteiger partial charge in [-0.05, 0) is 13.3 Å². The van der Waals surface area contributed by atoms with Gasteiger partial charge in [-0.3, -0.25) is 19.7 Å². The van der Waals surface area contributed by atoms with Crippen molar-refractivity contribution in [3.05, 3.63) is 0 Å². The summed E-state index contributed by atoms with van der Waals surface area (Å²) in [4.78, 5) is 46.1. The molecule has 3 N–H and O–H groups in total. The van der Waals surface area contributed by atoms with Crippen LogP contribution in [-0.4, -0.2) is 53.0 Å². The highest BCUT2D eigenvalue weighted by molar-refractivity contribution is 5.96. The lowest BCUT2D eigenvalue weighted by Gasteiger charge is -2.32. The second kappa shape index (κ2) is 6.72. The zero-order valence-corrected chi connectivity index (χ0v) is 10.6. The average Bonchev–Trinajstić information content (AvgIpc) is 2.31. The Kier molecular flexibility index (Phi) is 5.28. The fourth-order valence-corrected chi connectivity index (χ4v) is 1.71. The van der Waals surface area contributed by atoms with E-state index in [0.29, 0.717) is 13.1 Å². The van der Waals surface area contributed by atoms with Crippen LogP contribution in [0.3, 0.4) is 0 Å². The molecule has 19 heavy (non-hydrogen) atoms. The Morgan fingerprint density at radius 1 is 1.42 bits per heavy atom. The number of rotatable bonds is 4. The summed E-state index contributed by atoms with van der Waals surface area (Å²) in [5.41, 5.74) is 0. The van der Waals surface area contributed by atoms with Crippen LogP contribution in [0.25, 0.3) is 0 Å². The molecule has 0 aromatic carbocycles. The fourth-order valence-electron chi connectivity index (χ4n) is 1.71. The molecule has 4 amide bonds. The smallest absolute Gasteiger partial charge is 0.324 e. The minimum atomic E-state index is -0.986. The van der Waals surface area contributed by atoms with Gasteiger partial charge in [0.1, 0.15) is 6.04 Å². The van der Waals surface area contributed by atoms with E-state index in [1.54, 1.807) is 6.92 Å². The molecule has 8 nitrogen and oxygen atoms in total. The first kappa shape index (κ1) is 14.9. The monoisotopic (exact) mass is 271 g/mol. The van der Waals surface area contributed by atoms with Crippen LogP contribution in [0.4, 0.5) is 4.79 Å². The van der Waals surface area contributed by atoms with E-state index in [1.807, 2.05) is 0 Å². The Labute approximate surface area is 110 Å². The summed E-state index contributed by atoms with van der Waals surface area (Å²) in [6.07, 6.45) is 0.0150. The highest BCUT2D eigenvalue weighted by Crippen LogP contribution is 2.04. The molecule has 0 aromatic rings. The summed E-state index contributed by atoms with van der Waals surface area (Å²) in [6, 6.07) is -1.25. The standard InChI is InChI=1S/C11H17N3O5/c1-7-10(18)12-5-6-14(7)11(19)13-8(15)3-2-4-9(16)17/h7H,2-6H2,1H3,(H,12,18)(H,16,17)(H,13,15,19). The maximum Gasteiger partial charge on any atom is 0.324 e. The van der Waals surface area contributed by atoms with E-state index < -0.39 is 23.9 Å². The zero-order chi connectivity index (χ0) is 14.4. The quantitative estimate of drug-likeness (QED) is 0.625. The second-order valence-corrected chi connectivity index (χ2v) is 4.26. The minimum absolute atomic E-state index is 0.0353. The molecule has 1 saturated heterocycles. The average molecular weight is 271 g/mol. The molecule has 1 aliphatic rings. The van der Waals surface area contributed by atoms with E-state index in [9.17, 15) is 19.2 Å². The van der Waals surface area contributed by atoms with Gasteiger partial charge in [0.2, 0.25) is 11.8 Å². The molecule has 1 atom stereocenters. The van der Waals surface area contributed by atoms with Crippen molar-refractivity contribution >= 4 is 23.8 Å². The van der Waals surface area contributed by atoms with Crippen LogP contribution in [0.5, 0.6) is 0 Å². The number of carboxylic acids is 1. The SMILES string of the molecule is CC1C(=O)NCCN1C(=O)NC(=O)CCCC(=O)O. The van der Waals surface area contributed by atoms with Gasteiger partial charge in [-0.1, -0.05) is 0 Å². The summed E-state index contributed by atoms with van der Waals surface area (Å²) in [6.45, 7) is 2.26. The number of hydrogen-bond donors (Lipinski definition) is 3. The van der Waals surface area contributed by atoms with Crippen LogP contribution >= 0.6 is 0 Å². The summed E-state index contributed by atoms with van der Waals surface area (Å²) < 4.78 is 0. The molecule has 0 spiro atoms. The highest BCUT2D eigenvalue weighted by Gasteiger charge is 2.29. The number of nitrogens with one attached hydrogen (secondary N) is 2. The number of aliphatic carboxylic acids is 1. The second-order valence-electron chi connectivity index (χ2n) is 4.26. The molecular weight excluding hydrogens is 254 g/mol. The number of piperazine rings is 1. The fraction of sp³-hybridized carbons (Fsp3) is 0.636. The number of nitrogens with zero attached hydrogens (tertiary/aromatic N) is 1. The Morgan fingerprint density at radius 2 is 2.11 bits per heavy atom. The molecule has 1 aliphatic heterocycles. The van der Waals surface area contributed by atoms with Crippen molar-refractivity contribution < 1.29 is 24.3 Å². The van der Waals surface area contributed by atoms with Gasteiger partial charge in [0.15, 0.2) is 0 Å². The minimum Gasteiger partial charge on any atom is -0.481 e. The van der Waals surface area contributed by atoms with Crippen molar-refractivity contribution in [1.82, 2.24) is 15.5 Å². The molecule has 1 unspecified atom stereocenters. The van der Waals surface area contributed by atoms with Gasteiger partial charge < -0.3 is 15.3 Å². The van der Waals surface area contributed by atoms with Gasteiger partial charge in [-0.15, -0.1) is 0 Å². The zero-order valence-electron chi connectivity index (χ0n) is 10.6. The lowest BCUT2D eigenvalue weighted by atomic mass is 10.2. The number of carboxylic acid groups (broad SMARTS) is 1. The Balaban J connectivity index is 2.39. The molecular formula is C11H17N3O5. The number of amides is 4. The van der Waals surface area contributed by atoms with Crippen LogP contribution in [0.15, 0.2) is 0 Å². The van der Waals surface area contributed by atoms with Gasteiger partial charge in [0.25, 0.3) is 0 Å². The first-order valence-electron chi connectivity index (χ1n) is 6.01. The van der Waals surface area contributed by atoms with Gasteiger partial charge in [-0.2, -0.15) is 0 Å². The van der Waals surface area contributed by atoms with E-state index in [1.165, 1.54) is 4.90 Å². The number of carbonyl (C=O) groups excluding carboxylic acids is 3. The summed E-state index contributed by atoms with van der Waals surface area (Å²) in [7, 11) is 0. The van der Waals surface area contributed by atoms with Crippen molar-refractivity contribution in [2.45, 2.75) is 32.2 Å². The maximum atomic E-state index is 11.8. The van der Waals surface area contributed by atoms with Gasteiger partial charge in [-0.25, -0.2) is 4.79 Å². The molecule has 0 saturated carbocycles. The van der Waals surface area contributed by atoms with E-state index in [2.05, 4.69) is 10.6 Å². The highest BCUT2D eigenvalue weighted by atomic mass is 16.4. The van der Waals surface area contributed by atoms with Crippen molar-refractivity contribution in [3.63, 3.8) is 0 Å². The van der Waals surface area contributed by atoms with Crippen LogP contribution in [0.1, 0.15) is 26.2 Å². The molecule has 0 radical (unpaired) electrons. The van der Waals surface area contributed by atoms with Gasteiger partial charge >= 0.3 is 12.0 Å². The number of carbonyl (C=O) groups is 4. The maximum absolute atomic E-state index is 11.8. The topological polar surface area (TPSA) is 116 Å². The van der Waals surface area contributed by atoms with Gasteiger partial charge in [0, 0.05) is 25.9 Å². The third kappa shape index (κ3) is 4.57. The van der Waals surface area contributed by atoms with E-state index in [4.69, 9.17) is 5.11 Å². The first-order valence-corrected chi connectivity index (χ1v) is 6.01. The normalized spacial score (nSPS) is 18.7. The molecule has 1 fully saturated rings. The van der Waals surface area contributed by atoms with Crippen LogP contribution in [0, 0.1) is 0 Å². The number of urea groups is 1. The third-order valence-corrected chi connectivity index (χ3v) is 2.80. The predicted octanol–water partition coefficient (Wildman–Crippen LogP) is -0.702. The summed E-state index contributed by atoms with van der Waals surface area (Å²) in [5, 5.41) is 13.2. The summed E-state index contributed by atoms with van der Waals surface area (Å²) >= 11 is 0. The molecule has 1 heterocycles. The number of imide groups is 1. The van der Waals surface area contributed by atoms with Crippen molar-refractivity contribution in [2.75, 3.05) is 13.1 Å². The molecule has 1 rings (SSSR count). The number of hydrogen-bond acceptors (Lipinski definition) is 4. The molecule has 106 valence electrons. The van der Waals surface area contributed by atoms with Crippen LogP contribution in [-0.2, 0) is 14.4 Å². The van der Waals surface area contributed by atoms with E-state index >= 15 is 0 Å². The van der Waals surface area contributed by atoms with E-state index in [-0.39, 0.29) is 25.2 Å². The Hall–Kier alpha value is -2.12. The Bertz CT molecular complexity index is 396. The lowest BCUT2D eigenvalue weighted by molar-refractivity contribution is -0.137. The van der Waals surface area contributed by atoms with Gasteiger partial charge in [0.05, 0.1) is 0 Å². The lowest BCUT2D eigenvalue weighted by Crippen LogP contribution is -2.58. The van der Waals surface area contributed by atoms with Crippen molar-refractivity contribution in [3.8, 4) is 0 Å². The summed E-state index contributed by atoms with van der Waals surface area (Å²) in [5.74, 6) is -1.79. The molecule has 0 aromatic heterocycles. The first-order chi connectivity index (χ1) is 8.91. The molecule has 0 bridgehead atoms. The van der Waals surface area contributed by atoms with Crippen molar-refractivity contribution in [1.29, 1.82) is 0 Å². The molecule has 0 aliphatic carbocycles. The third-order valence-electron chi connectivity index (χ3n) is 2.80. The largest absolute Gasteiger partial charge is 0.481 e. The van der Waals surface area contributed by atoms with Crippen LogP contribution < -0.4 is 10.6 Å². The van der Waals surface area contributed by atoms with Crippen LogP contribution in [0.2, 0.25) is 0 Å². The Morgan fingerprint density at radius 3 is 2.74 bits per heavy atom. The van der Waals surface area contributed by atoms with E-state index in [0.717, 1.165) is 0 Å². The van der Waals surface area contributed by atoms with Crippen molar-refractivity contribution in [2.24, 2.45) is 0 Å².